The Morgan fingerprint density at radius 3 is 2.09 bits per heavy atom. The van der Waals surface area contributed by atoms with Gasteiger partial charge in [0.1, 0.15) is 11.4 Å². The average Bonchev–Trinajstić information content (AvgIpc) is 2.59. The van der Waals surface area contributed by atoms with E-state index in [0.29, 0.717) is 11.0 Å². The van der Waals surface area contributed by atoms with Crippen molar-refractivity contribution in [2.45, 2.75) is 19.8 Å². The average molecular weight is 304 g/mol. The number of hydrogen-bond donors (Lipinski definition) is 0. The van der Waals surface area contributed by atoms with Gasteiger partial charge in [-0.25, -0.2) is 9.97 Å². The topological polar surface area (TPSA) is 85.7 Å². The zero-order valence-electron chi connectivity index (χ0n) is 12.4. The molecule has 0 saturated heterocycles. The minimum absolute atomic E-state index is 0.0891. The van der Waals surface area contributed by atoms with E-state index in [9.17, 15) is 9.59 Å². The number of aryl methyl sites for hydroxylation is 1. The third-order valence-electron chi connectivity index (χ3n) is 3.92. The summed E-state index contributed by atoms with van der Waals surface area (Å²) in [5.41, 5.74) is 3.01. The van der Waals surface area contributed by atoms with E-state index < -0.39 is 0 Å². The zero-order chi connectivity index (χ0) is 16.0. The number of carbonyl (C=O) groups excluding carboxylic acids is 2. The van der Waals surface area contributed by atoms with Crippen molar-refractivity contribution in [3.05, 3.63) is 58.7 Å². The highest BCUT2D eigenvalue weighted by atomic mass is 16.1. The normalized spacial score (nSPS) is 13.1. The first-order valence-electron chi connectivity index (χ1n) is 7.40. The Morgan fingerprint density at radius 2 is 1.48 bits per heavy atom. The van der Waals surface area contributed by atoms with Crippen LogP contribution in [-0.2, 0) is 6.42 Å². The molecule has 0 saturated carbocycles. The quantitative estimate of drug-likeness (QED) is 0.564. The molecule has 23 heavy (non-hydrogen) atoms. The van der Waals surface area contributed by atoms with Crippen molar-refractivity contribution in [3.8, 4) is 0 Å². The SMILES string of the molecule is CCCc1ccc2nc3c(nc2c1)C(=O)c1cnncc1C3=O. The van der Waals surface area contributed by atoms with Crippen LogP contribution in [0.15, 0.2) is 30.6 Å². The van der Waals surface area contributed by atoms with Gasteiger partial charge in [-0.3, -0.25) is 9.59 Å². The predicted octanol–water partition coefficient (Wildman–Crippen LogP) is 2.15. The molecule has 3 aromatic rings. The molecule has 0 unspecified atom stereocenters. The van der Waals surface area contributed by atoms with E-state index in [-0.39, 0.29) is 34.1 Å². The molecule has 0 spiro atoms. The van der Waals surface area contributed by atoms with Crippen LogP contribution in [0.25, 0.3) is 11.0 Å². The fourth-order valence-electron chi connectivity index (χ4n) is 2.80. The van der Waals surface area contributed by atoms with Gasteiger partial charge in [-0.2, -0.15) is 10.2 Å². The molecule has 0 bridgehead atoms. The summed E-state index contributed by atoms with van der Waals surface area (Å²) in [7, 11) is 0. The van der Waals surface area contributed by atoms with Crippen LogP contribution in [-0.4, -0.2) is 31.7 Å². The molecule has 2 aromatic heterocycles. The van der Waals surface area contributed by atoms with Crippen LogP contribution in [0.1, 0.15) is 51.0 Å². The van der Waals surface area contributed by atoms with Gasteiger partial charge in [0.25, 0.3) is 0 Å². The van der Waals surface area contributed by atoms with Crippen molar-refractivity contribution in [1.82, 2.24) is 20.2 Å². The van der Waals surface area contributed by atoms with E-state index >= 15 is 0 Å². The summed E-state index contributed by atoms with van der Waals surface area (Å²) in [4.78, 5) is 33.9. The van der Waals surface area contributed by atoms with Crippen LogP contribution in [0.3, 0.4) is 0 Å². The molecule has 0 aliphatic heterocycles. The Hall–Kier alpha value is -3.02. The number of aromatic nitrogens is 4. The van der Waals surface area contributed by atoms with Crippen molar-refractivity contribution in [2.24, 2.45) is 0 Å². The number of fused-ring (bicyclic) bond motifs is 3. The lowest BCUT2D eigenvalue weighted by Crippen LogP contribution is -2.24. The maximum absolute atomic E-state index is 12.6. The number of hydrogen-bond acceptors (Lipinski definition) is 6. The van der Waals surface area contributed by atoms with E-state index in [2.05, 4.69) is 27.1 Å². The Morgan fingerprint density at radius 1 is 0.870 bits per heavy atom. The summed E-state index contributed by atoms with van der Waals surface area (Å²) < 4.78 is 0. The van der Waals surface area contributed by atoms with Crippen molar-refractivity contribution in [3.63, 3.8) is 0 Å². The second kappa shape index (κ2) is 5.01. The van der Waals surface area contributed by atoms with Gasteiger partial charge in [0.2, 0.25) is 11.6 Å². The number of benzene rings is 1. The first-order valence-corrected chi connectivity index (χ1v) is 7.40. The summed E-state index contributed by atoms with van der Waals surface area (Å²) >= 11 is 0. The maximum Gasteiger partial charge on any atom is 0.216 e. The van der Waals surface area contributed by atoms with Crippen molar-refractivity contribution in [1.29, 1.82) is 0 Å². The second-order valence-electron chi connectivity index (χ2n) is 5.47. The van der Waals surface area contributed by atoms with Crippen LogP contribution in [0, 0.1) is 0 Å². The molecule has 112 valence electrons. The summed E-state index contributed by atoms with van der Waals surface area (Å²) in [6.07, 6.45) is 4.56. The van der Waals surface area contributed by atoms with Gasteiger partial charge in [0, 0.05) is 0 Å². The smallest absolute Gasteiger partial charge is 0.216 e. The predicted molar refractivity (Wildman–Crippen MR) is 82.4 cm³/mol. The van der Waals surface area contributed by atoms with Crippen molar-refractivity contribution >= 4 is 22.6 Å². The lowest BCUT2D eigenvalue weighted by atomic mass is 9.92. The minimum Gasteiger partial charge on any atom is -0.287 e. The summed E-state index contributed by atoms with van der Waals surface area (Å²) in [6, 6.07) is 5.73. The molecule has 6 nitrogen and oxygen atoms in total. The van der Waals surface area contributed by atoms with Gasteiger partial charge < -0.3 is 0 Å². The zero-order valence-corrected chi connectivity index (χ0v) is 12.4. The Balaban J connectivity index is 1.95. The Kier molecular flexibility index (Phi) is 2.97. The molecular weight excluding hydrogens is 292 g/mol. The van der Waals surface area contributed by atoms with Gasteiger partial charge in [-0.1, -0.05) is 19.4 Å². The molecule has 0 atom stereocenters. The third kappa shape index (κ3) is 2.03. The highest BCUT2D eigenvalue weighted by molar-refractivity contribution is 6.27. The fraction of sp³-hybridized carbons (Fsp3) is 0.176. The summed E-state index contributed by atoms with van der Waals surface area (Å²) in [5.74, 6) is -0.670. The second-order valence-corrected chi connectivity index (χ2v) is 5.47. The lowest BCUT2D eigenvalue weighted by molar-refractivity contribution is 0.0971. The molecule has 6 heteroatoms. The first-order chi connectivity index (χ1) is 11.2. The van der Waals surface area contributed by atoms with Crippen molar-refractivity contribution in [2.75, 3.05) is 0 Å². The van der Waals surface area contributed by atoms with Crippen LogP contribution in [0.5, 0.6) is 0 Å². The molecule has 0 radical (unpaired) electrons. The van der Waals surface area contributed by atoms with E-state index in [0.717, 1.165) is 18.4 Å². The number of rotatable bonds is 2. The maximum atomic E-state index is 12.6. The third-order valence-corrected chi connectivity index (χ3v) is 3.92. The van der Waals surface area contributed by atoms with Gasteiger partial charge >= 0.3 is 0 Å². The molecule has 1 aromatic carbocycles. The van der Waals surface area contributed by atoms with Crippen LogP contribution in [0.2, 0.25) is 0 Å². The summed E-state index contributed by atoms with van der Waals surface area (Å²) in [5, 5.41) is 7.36. The number of carbonyl (C=O) groups is 2. The Bertz CT molecular complexity index is 981. The molecular formula is C17H12N4O2. The molecule has 4 rings (SSSR count). The van der Waals surface area contributed by atoms with Crippen molar-refractivity contribution < 1.29 is 9.59 Å². The monoisotopic (exact) mass is 304 g/mol. The van der Waals surface area contributed by atoms with Crippen LogP contribution < -0.4 is 0 Å². The van der Waals surface area contributed by atoms with Crippen LogP contribution in [0.4, 0.5) is 0 Å². The van der Waals surface area contributed by atoms with Gasteiger partial charge in [-0.05, 0) is 24.1 Å². The number of ketones is 2. The number of nitrogens with zero attached hydrogens (tertiary/aromatic N) is 4. The molecule has 0 fully saturated rings. The van der Waals surface area contributed by atoms with E-state index in [1.807, 2.05) is 18.2 Å². The van der Waals surface area contributed by atoms with Crippen LogP contribution >= 0.6 is 0 Å². The molecule has 2 heterocycles. The first kappa shape index (κ1) is 13.6. The van der Waals surface area contributed by atoms with Gasteiger partial charge in [0.05, 0.1) is 34.6 Å². The molecule has 0 amide bonds. The summed E-state index contributed by atoms with van der Waals surface area (Å²) in [6.45, 7) is 2.10. The lowest BCUT2D eigenvalue weighted by Gasteiger charge is -2.15. The Labute approximate surface area is 131 Å². The molecule has 1 aliphatic rings. The fourth-order valence-corrected chi connectivity index (χ4v) is 2.80. The molecule has 0 N–H and O–H groups in total. The highest BCUT2D eigenvalue weighted by Crippen LogP contribution is 2.26. The minimum atomic E-state index is -0.337. The van der Waals surface area contributed by atoms with Gasteiger partial charge in [0.15, 0.2) is 0 Å². The largest absolute Gasteiger partial charge is 0.287 e. The molecule has 1 aliphatic carbocycles. The highest BCUT2D eigenvalue weighted by Gasteiger charge is 2.33. The van der Waals surface area contributed by atoms with E-state index in [1.165, 1.54) is 12.4 Å². The van der Waals surface area contributed by atoms with E-state index in [1.54, 1.807) is 0 Å². The standard InChI is InChI=1S/C17H12N4O2/c1-2-3-9-4-5-12-13(6-9)21-15-14(20-12)16(22)10-7-18-19-8-11(10)17(15)23/h4-8H,2-3H2,1H3. The van der Waals surface area contributed by atoms with Gasteiger partial charge in [-0.15, -0.1) is 0 Å². The van der Waals surface area contributed by atoms with E-state index in [4.69, 9.17) is 0 Å².